The molecule has 2 atom stereocenters. The molecule has 3 heterocycles. The van der Waals surface area contributed by atoms with E-state index in [4.69, 9.17) is 22.1 Å². The highest BCUT2D eigenvalue weighted by Crippen LogP contribution is 2.35. The molecule has 2 aliphatic rings. The van der Waals surface area contributed by atoms with Gasteiger partial charge >= 0.3 is 0 Å². The minimum atomic E-state index is -0.0805. The first-order chi connectivity index (χ1) is 11.1. The van der Waals surface area contributed by atoms with Gasteiger partial charge in [-0.1, -0.05) is 0 Å². The summed E-state index contributed by atoms with van der Waals surface area (Å²) in [6.07, 6.45) is 6.33. The Balaban J connectivity index is 1.56. The predicted molar refractivity (Wildman–Crippen MR) is 85.2 cm³/mol. The number of nitrogens with two attached hydrogens (primary N) is 1. The second-order valence-electron chi connectivity index (χ2n) is 6.09. The van der Waals surface area contributed by atoms with Gasteiger partial charge in [0, 0.05) is 18.3 Å². The molecule has 4 rings (SSSR count). The second-order valence-corrected chi connectivity index (χ2v) is 6.43. The summed E-state index contributed by atoms with van der Waals surface area (Å²) in [6.45, 7) is 3.32. The number of anilines is 2. The monoisotopic (exact) mass is 335 g/mol. The fourth-order valence-corrected chi connectivity index (χ4v) is 3.01. The summed E-state index contributed by atoms with van der Waals surface area (Å²) in [5.41, 5.74) is 6.74. The average Bonchev–Trinajstić information content (AvgIpc) is 3.23. The van der Waals surface area contributed by atoms with Gasteiger partial charge in [-0.15, -0.1) is 0 Å². The zero-order valence-corrected chi connectivity index (χ0v) is 13.5. The van der Waals surface area contributed by atoms with Crippen LogP contribution >= 0.6 is 11.6 Å². The Morgan fingerprint density at radius 3 is 2.83 bits per heavy atom. The van der Waals surface area contributed by atoms with E-state index in [9.17, 15) is 0 Å². The lowest BCUT2D eigenvalue weighted by atomic mass is 10.1. The summed E-state index contributed by atoms with van der Waals surface area (Å²) in [5.74, 6) is 0.606. The zero-order valence-electron chi connectivity index (χ0n) is 12.8. The number of ether oxygens (including phenoxy) is 1. The van der Waals surface area contributed by atoms with Crippen molar-refractivity contribution in [3.8, 4) is 0 Å². The smallest absolute Gasteiger partial charge is 0.231 e. The van der Waals surface area contributed by atoms with Crippen molar-refractivity contribution in [1.82, 2.24) is 24.7 Å². The number of morpholine rings is 1. The third-order valence-electron chi connectivity index (χ3n) is 4.07. The first-order valence-corrected chi connectivity index (χ1v) is 8.08. The molecule has 1 saturated carbocycles. The van der Waals surface area contributed by atoms with Gasteiger partial charge in [0.15, 0.2) is 0 Å². The molecule has 0 unspecified atom stereocenters. The molecule has 2 aromatic rings. The molecule has 1 aliphatic heterocycles. The Bertz CT molecular complexity index is 697. The van der Waals surface area contributed by atoms with Crippen molar-refractivity contribution >= 4 is 23.5 Å². The van der Waals surface area contributed by atoms with Crippen LogP contribution in [-0.4, -0.2) is 43.9 Å². The molecular formula is C14H18ClN7O. The fraction of sp³-hybridized carbons (Fsp3) is 0.571. The minimum absolute atomic E-state index is 0.0368. The highest BCUT2D eigenvalue weighted by Gasteiger charge is 2.31. The summed E-state index contributed by atoms with van der Waals surface area (Å²) in [6, 6.07) is 0.558. The van der Waals surface area contributed by atoms with Gasteiger partial charge in [0.05, 0.1) is 24.9 Å². The number of hydrogen-bond acceptors (Lipinski definition) is 7. The van der Waals surface area contributed by atoms with E-state index in [1.807, 2.05) is 22.7 Å². The number of hydrogen-bond donors (Lipinski definition) is 1. The maximum Gasteiger partial charge on any atom is 0.231 e. The number of nitrogen functional groups attached to an aromatic ring is 1. The lowest BCUT2D eigenvalue weighted by Crippen LogP contribution is -2.43. The summed E-state index contributed by atoms with van der Waals surface area (Å²) in [7, 11) is 0. The number of rotatable bonds is 3. The predicted octanol–water partition coefficient (Wildman–Crippen LogP) is 1.60. The van der Waals surface area contributed by atoms with Gasteiger partial charge in [0.25, 0.3) is 0 Å². The van der Waals surface area contributed by atoms with E-state index in [0.717, 1.165) is 5.56 Å². The van der Waals surface area contributed by atoms with Gasteiger partial charge < -0.3 is 15.4 Å². The van der Waals surface area contributed by atoms with E-state index < -0.39 is 0 Å². The SMILES string of the molecule is C[C@@H]1CN(c2nc(N)nc(Cl)n2)C[C@H](c2cnn(C3CC3)c2)O1. The first kappa shape index (κ1) is 14.6. The van der Waals surface area contributed by atoms with Crippen molar-refractivity contribution in [3.63, 3.8) is 0 Å². The number of aromatic nitrogens is 5. The van der Waals surface area contributed by atoms with Crippen LogP contribution in [0.25, 0.3) is 0 Å². The maximum atomic E-state index is 6.07. The van der Waals surface area contributed by atoms with Gasteiger partial charge in [-0.3, -0.25) is 4.68 Å². The lowest BCUT2D eigenvalue weighted by Gasteiger charge is -2.36. The highest BCUT2D eigenvalue weighted by molar-refractivity contribution is 6.28. The Kier molecular flexibility index (Phi) is 3.57. The molecule has 0 radical (unpaired) electrons. The molecule has 2 aromatic heterocycles. The Hall–Kier alpha value is -1.93. The summed E-state index contributed by atoms with van der Waals surface area (Å²) >= 11 is 5.89. The Morgan fingerprint density at radius 2 is 2.09 bits per heavy atom. The van der Waals surface area contributed by atoms with Crippen LogP contribution in [0.4, 0.5) is 11.9 Å². The molecule has 23 heavy (non-hydrogen) atoms. The lowest BCUT2D eigenvalue weighted by molar-refractivity contribution is -0.0179. The van der Waals surface area contributed by atoms with Crippen LogP contribution in [0.15, 0.2) is 12.4 Å². The Labute approximate surface area is 138 Å². The van der Waals surface area contributed by atoms with Crippen LogP contribution in [-0.2, 0) is 4.74 Å². The van der Waals surface area contributed by atoms with Crippen molar-refractivity contribution in [2.45, 2.75) is 38.0 Å². The van der Waals surface area contributed by atoms with Crippen LogP contribution in [0.5, 0.6) is 0 Å². The minimum Gasteiger partial charge on any atom is -0.368 e. The third kappa shape index (κ3) is 3.09. The second kappa shape index (κ2) is 5.61. The van der Waals surface area contributed by atoms with Gasteiger partial charge in [-0.25, -0.2) is 0 Å². The molecule has 1 aliphatic carbocycles. The van der Waals surface area contributed by atoms with Crippen molar-refractivity contribution in [3.05, 3.63) is 23.2 Å². The van der Waals surface area contributed by atoms with Gasteiger partial charge in [-0.05, 0) is 31.4 Å². The van der Waals surface area contributed by atoms with Gasteiger partial charge in [-0.2, -0.15) is 20.1 Å². The van der Waals surface area contributed by atoms with Crippen molar-refractivity contribution < 1.29 is 4.74 Å². The maximum absolute atomic E-state index is 6.07. The molecule has 0 aromatic carbocycles. The van der Waals surface area contributed by atoms with Crippen molar-refractivity contribution in [2.24, 2.45) is 0 Å². The third-order valence-corrected chi connectivity index (χ3v) is 4.24. The topological polar surface area (TPSA) is 95.0 Å². The zero-order chi connectivity index (χ0) is 16.0. The molecule has 0 spiro atoms. The molecule has 8 nitrogen and oxygen atoms in total. The molecule has 9 heteroatoms. The van der Waals surface area contributed by atoms with Crippen molar-refractivity contribution in [2.75, 3.05) is 23.7 Å². The van der Waals surface area contributed by atoms with E-state index in [2.05, 4.69) is 26.2 Å². The normalized spacial score (nSPS) is 24.9. The van der Waals surface area contributed by atoms with E-state index in [1.165, 1.54) is 12.8 Å². The summed E-state index contributed by atoms with van der Waals surface area (Å²) in [4.78, 5) is 14.2. The van der Waals surface area contributed by atoms with Gasteiger partial charge in [0.2, 0.25) is 17.2 Å². The quantitative estimate of drug-likeness (QED) is 0.910. The molecule has 1 saturated heterocycles. The van der Waals surface area contributed by atoms with Crippen molar-refractivity contribution in [1.29, 1.82) is 0 Å². The van der Waals surface area contributed by atoms with Crippen LogP contribution in [0.2, 0.25) is 5.28 Å². The summed E-state index contributed by atoms with van der Waals surface area (Å²) in [5, 5.41) is 4.54. The van der Waals surface area contributed by atoms with E-state index in [1.54, 1.807) is 0 Å². The molecule has 122 valence electrons. The summed E-state index contributed by atoms with van der Waals surface area (Å²) < 4.78 is 8.10. The fourth-order valence-electron chi connectivity index (χ4n) is 2.85. The van der Waals surface area contributed by atoms with Crippen LogP contribution in [0, 0.1) is 0 Å². The van der Waals surface area contributed by atoms with E-state index in [0.29, 0.717) is 25.1 Å². The number of halogens is 1. The van der Waals surface area contributed by atoms with Crippen LogP contribution in [0.1, 0.15) is 37.5 Å². The molecule has 0 bridgehead atoms. The van der Waals surface area contributed by atoms with Gasteiger partial charge in [0.1, 0.15) is 6.10 Å². The molecular weight excluding hydrogens is 318 g/mol. The van der Waals surface area contributed by atoms with Crippen LogP contribution in [0.3, 0.4) is 0 Å². The largest absolute Gasteiger partial charge is 0.368 e. The van der Waals surface area contributed by atoms with Crippen LogP contribution < -0.4 is 10.6 Å². The van der Waals surface area contributed by atoms with E-state index in [-0.39, 0.29) is 23.4 Å². The highest BCUT2D eigenvalue weighted by atomic mass is 35.5. The van der Waals surface area contributed by atoms with E-state index >= 15 is 0 Å². The first-order valence-electron chi connectivity index (χ1n) is 7.70. The molecule has 2 N–H and O–H groups in total. The molecule has 2 fully saturated rings. The standard InChI is InChI=1S/C14H18ClN7O/c1-8-5-21(14-19-12(15)18-13(16)20-14)7-11(23-8)9-4-17-22(6-9)10-2-3-10/h4,6,8,10-11H,2-3,5,7H2,1H3,(H2,16,18,19,20)/t8-,11-/m1/s1. The average molecular weight is 336 g/mol. The molecule has 0 amide bonds. The Morgan fingerprint density at radius 1 is 1.26 bits per heavy atom. The number of nitrogens with zero attached hydrogens (tertiary/aromatic N) is 6.